The van der Waals surface area contributed by atoms with Gasteiger partial charge in [-0.2, -0.15) is 0 Å². The van der Waals surface area contributed by atoms with Crippen LogP contribution in [0.1, 0.15) is 6.42 Å². The largest absolute Gasteiger partial charge is 0.385 e. The second-order valence-electron chi connectivity index (χ2n) is 3.54. The molecule has 6 heteroatoms. The number of methoxy groups -OCH3 is 1. The zero-order chi connectivity index (χ0) is 10.8. The topological polar surface area (TPSA) is 74.2 Å². The van der Waals surface area contributed by atoms with Crippen LogP contribution in [0.4, 0.5) is 0 Å². The highest BCUT2D eigenvalue weighted by Gasteiger charge is 2.47. The van der Waals surface area contributed by atoms with E-state index in [-0.39, 0.29) is 12.5 Å². The Morgan fingerprint density at radius 1 is 1.53 bits per heavy atom. The highest BCUT2D eigenvalue weighted by atomic mass is 16.8. The third-order valence-corrected chi connectivity index (χ3v) is 2.56. The predicted molar refractivity (Wildman–Crippen MR) is 47.0 cm³/mol. The van der Waals surface area contributed by atoms with Gasteiger partial charge >= 0.3 is 0 Å². The number of ether oxygens (including phenoxy) is 4. The number of fused-ring (bicyclic) bond motifs is 1. The van der Waals surface area contributed by atoms with Crippen LogP contribution in [0.5, 0.6) is 0 Å². The monoisotopic (exact) mass is 218 g/mol. The molecule has 2 heterocycles. The second kappa shape index (κ2) is 4.54. The van der Waals surface area contributed by atoms with Gasteiger partial charge in [-0.3, -0.25) is 0 Å². The molecular weight excluding hydrogens is 204 g/mol. The molecule has 0 amide bonds. The molecule has 5 unspecified atom stereocenters. The van der Waals surface area contributed by atoms with Gasteiger partial charge in [0.2, 0.25) is 0 Å². The van der Waals surface area contributed by atoms with E-state index in [1.54, 1.807) is 0 Å². The van der Waals surface area contributed by atoms with Gasteiger partial charge in [0.1, 0.15) is 24.6 Å². The maximum atomic E-state index is 10.3. The normalized spacial score (nSPS) is 45.1. The van der Waals surface area contributed by atoms with E-state index in [0.717, 1.165) is 6.29 Å². The van der Waals surface area contributed by atoms with E-state index in [9.17, 15) is 9.90 Å². The van der Waals surface area contributed by atoms with Gasteiger partial charge in [-0.1, -0.05) is 0 Å². The lowest BCUT2D eigenvalue weighted by Gasteiger charge is -2.33. The molecule has 2 rings (SSSR count). The summed E-state index contributed by atoms with van der Waals surface area (Å²) in [5.74, 6) is 0. The van der Waals surface area contributed by atoms with Crippen LogP contribution in [0, 0.1) is 0 Å². The minimum atomic E-state index is -0.884. The van der Waals surface area contributed by atoms with Gasteiger partial charge < -0.3 is 28.8 Å². The number of carbonyl (C=O) groups is 1. The fourth-order valence-electron chi connectivity index (χ4n) is 1.84. The molecule has 0 radical (unpaired) electrons. The summed E-state index contributed by atoms with van der Waals surface area (Å²) in [6, 6.07) is 0. The third kappa shape index (κ3) is 2.04. The Kier molecular flexibility index (Phi) is 3.32. The zero-order valence-electron chi connectivity index (χ0n) is 8.37. The Balaban J connectivity index is 1.98. The molecule has 0 spiro atoms. The summed E-state index contributed by atoms with van der Waals surface area (Å²) in [4.78, 5) is 10.3. The maximum Gasteiger partial charge on any atom is 0.185 e. The van der Waals surface area contributed by atoms with E-state index in [1.165, 1.54) is 7.11 Å². The Hall–Kier alpha value is -0.530. The van der Waals surface area contributed by atoms with Gasteiger partial charge in [0, 0.05) is 7.11 Å². The lowest BCUT2D eigenvalue weighted by Crippen LogP contribution is -2.52. The smallest absolute Gasteiger partial charge is 0.185 e. The average molecular weight is 218 g/mol. The zero-order valence-corrected chi connectivity index (χ0v) is 8.37. The van der Waals surface area contributed by atoms with Crippen molar-refractivity contribution in [3.8, 4) is 0 Å². The second-order valence-corrected chi connectivity index (χ2v) is 3.54. The molecule has 0 aromatic heterocycles. The molecule has 1 N–H and O–H groups in total. The molecule has 0 bridgehead atoms. The van der Waals surface area contributed by atoms with E-state index >= 15 is 0 Å². The fourth-order valence-corrected chi connectivity index (χ4v) is 1.84. The first-order valence-electron chi connectivity index (χ1n) is 4.83. The van der Waals surface area contributed by atoms with E-state index in [2.05, 4.69) is 0 Å². The number of rotatable bonds is 3. The number of hydrogen-bond donors (Lipinski definition) is 1. The Morgan fingerprint density at radius 2 is 2.33 bits per heavy atom. The van der Waals surface area contributed by atoms with Crippen LogP contribution >= 0.6 is 0 Å². The van der Waals surface area contributed by atoms with Gasteiger partial charge in [0.05, 0.1) is 13.0 Å². The highest BCUT2D eigenvalue weighted by Crippen LogP contribution is 2.29. The third-order valence-electron chi connectivity index (χ3n) is 2.56. The Morgan fingerprint density at radius 3 is 3.00 bits per heavy atom. The molecular formula is C9H14O6. The summed E-state index contributed by atoms with van der Waals surface area (Å²) in [6.07, 6.45) is -2.06. The van der Waals surface area contributed by atoms with Crippen LogP contribution in [0.3, 0.4) is 0 Å². The van der Waals surface area contributed by atoms with Crippen molar-refractivity contribution in [3.05, 3.63) is 0 Å². The fraction of sp³-hybridized carbons (Fsp3) is 0.889. The molecule has 2 saturated heterocycles. The molecule has 2 aliphatic rings. The van der Waals surface area contributed by atoms with Crippen LogP contribution < -0.4 is 0 Å². The standard InChI is InChI=1S/C9H14O6/c1-12-9-7(11)8-5(4-13-9)14-6(15-8)2-3-10/h3,5-9,11H,2,4H2,1H3. The van der Waals surface area contributed by atoms with Gasteiger partial charge in [0.25, 0.3) is 0 Å². The van der Waals surface area contributed by atoms with Crippen LogP contribution in [0.15, 0.2) is 0 Å². The molecule has 15 heavy (non-hydrogen) atoms. The van der Waals surface area contributed by atoms with Crippen LogP contribution in [-0.4, -0.2) is 56.0 Å². The van der Waals surface area contributed by atoms with E-state index in [1.807, 2.05) is 0 Å². The van der Waals surface area contributed by atoms with Crippen molar-refractivity contribution in [1.82, 2.24) is 0 Å². The summed E-state index contributed by atoms with van der Waals surface area (Å²) >= 11 is 0. The van der Waals surface area contributed by atoms with Gasteiger partial charge in [-0.25, -0.2) is 0 Å². The predicted octanol–water partition coefficient (Wildman–Crippen LogP) is -0.951. The summed E-state index contributed by atoms with van der Waals surface area (Å²) in [6.45, 7) is 0.301. The van der Waals surface area contributed by atoms with Gasteiger partial charge in [-0.15, -0.1) is 0 Å². The van der Waals surface area contributed by atoms with Crippen LogP contribution in [0.25, 0.3) is 0 Å². The quantitative estimate of drug-likeness (QED) is 0.615. The Labute approximate surface area is 87.1 Å². The number of hydrogen-bond acceptors (Lipinski definition) is 6. The van der Waals surface area contributed by atoms with Crippen molar-refractivity contribution < 1.29 is 28.8 Å². The number of aldehydes is 1. The molecule has 2 fully saturated rings. The van der Waals surface area contributed by atoms with Crippen molar-refractivity contribution in [2.45, 2.75) is 37.3 Å². The Bertz CT molecular complexity index is 233. The van der Waals surface area contributed by atoms with Crippen molar-refractivity contribution in [1.29, 1.82) is 0 Å². The summed E-state index contributed by atoms with van der Waals surface area (Å²) in [7, 11) is 1.45. The molecule has 5 atom stereocenters. The SMILES string of the molecule is COC1OCC2OC(CC=O)OC2C1O. The van der Waals surface area contributed by atoms with Crippen LogP contribution in [0.2, 0.25) is 0 Å². The van der Waals surface area contributed by atoms with Crippen molar-refractivity contribution in [2.24, 2.45) is 0 Å². The highest BCUT2D eigenvalue weighted by molar-refractivity contribution is 5.49. The minimum absolute atomic E-state index is 0.164. The minimum Gasteiger partial charge on any atom is -0.385 e. The summed E-state index contributed by atoms with van der Waals surface area (Å²) in [5, 5.41) is 9.78. The molecule has 86 valence electrons. The molecule has 0 saturated carbocycles. The van der Waals surface area contributed by atoms with Gasteiger partial charge in [-0.05, 0) is 0 Å². The van der Waals surface area contributed by atoms with E-state index < -0.39 is 24.8 Å². The van der Waals surface area contributed by atoms with Gasteiger partial charge in [0.15, 0.2) is 12.6 Å². The first-order valence-corrected chi connectivity index (χ1v) is 4.83. The van der Waals surface area contributed by atoms with Crippen molar-refractivity contribution in [3.63, 3.8) is 0 Å². The number of aliphatic hydroxyl groups is 1. The summed E-state index contributed by atoms with van der Waals surface area (Å²) in [5.41, 5.74) is 0. The van der Waals surface area contributed by atoms with E-state index in [4.69, 9.17) is 18.9 Å². The van der Waals surface area contributed by atoms with E-state index in [0.29, 0.717) is 6.61 Å². The molecule has 0 aromatic rings. The number of carbonyl (C=O) groups excluding carboxylic acids is 1. The lowest BCUT2D eigenvalue weighted by atomic mass is 10.1. The molecule has 6 nitrogen and oxygen atoms in total. The average Bonchev–Trinajstić information content (AvgIpc) is 2.63. The maximum absolute atomic E-state index is 10.3. The number of aliphatic hydroxyl groups excluding tert-OH is 1. The van der Waals surface area contributed by atoms with Crippen LogP contribution in [-0.2, 0) is 23.7 Å². The summed E-state index contributed by atoms with van der Waals surface area (Å²) < 4.78 is 20.9. The van der Waals surface area contributed by atoms with Crippen molar-refractivity contribution >= 4 is 6.29 Å². The lowest BCUT2D eigenvalue weighted by molar-refractivity contribution is -0.241. The molecule has 0 aliphatic carbocycles. The van der Waals surface area contributed by atoms with Crippen molar-refractivity contribution in [2.75, 3.05) is 13.7 Å². The molecule has 2 aliphatic heterocycles. The first-order chi connectivity index (χ1) is 7.26. The first kappa shape index (κ1) is 11.0. The molecule has 0 aromatic carbocycles.